The van der Waals surface area contributed by atoms with Crippen LogP contribution in [0.25, 0.3) is 0 Å². The molecule has 10 nitrogen and oxygen atoms in total. The van der Waals surface area contributed by atoms with Gasteiger partial charge in [0.2, 0.25) is 10.0 Å². The smallest absolute Gasteiger partial charge is 0.321 e. The number of esters is 1. The van der Waals surface area contributed by atoms with E-state index >= 15 is 0 Å². The summed E-state index contributed by atoms with van der Waals surface area (Å²) >= 11 is 1.10. The van der Waals surface area contributed by atoms with Gasteiger partial charge in [0.1, 0.15) is 6.54 Å². The van der Waals surface area contributed by atoms with Gasteiger partial charge in [0.15, 0.2) is 6.61 Å². The Morgan fingerprint density at radius 3 is 2.55 bits per heavy atom. The van der Waals surface area contributed by atoms with Crippen LogP contribution >= 0.6 is 11.8 Å². The van der Waals surface area contributed by atoms with Gasteiger partial charge < -0.3 is 10.1 Å². The third-order valence-corrected chi connectivity index (χ3v) is 6.28. The zero-order valence-corrected chi connectivity index (χ0v) is 18.4. The predicted octanol–water partition coefficient (Wildman–Crippen LogP) is 2.34. The number of anilines is 1. The summed E-state index contributed by atoms with van der Waals surface area (Å²) in [6.45, 7) is 0.603. The van der Waals surface area contributed by atoms with Crippen molar-refractivity contribution in [2.75, 3.05) is 24.7 Å². The topological polar surface area (TPSA) is 145 Å². The van der Waals surface area contributed by atoms with E-state index in [0.29, 0.717) is 17.0 Å². The molecule has 31 heavy (non-hydrogen) atoms. The van der Waals surface area contributed by atoms with Crippen molar-refractivity contribution in [3.8, 4) is 0 Å². The van der Waals surface area contributed by atoms with Crippen LogP contribution < -0.4 is 10.0 Å². The summed E-state index contributed by atoms with van der Waals surface area (Å²) in [5.41, 5.74) is 1.15. The van der Waals surface area contributed by atoms with Gasteiger partial charge in [-0.05, 0) is 36.4 Å². The molecule has 166 valence electrons. The van der Waals surface area contributed by atoms with Crippen molar-refractivity contribution >= 4 is 45.0 Å². The highest BCUT2D eigenvalue weighted by atomic mass is 32.2. The zero-order chi connectivity index (χ0) is 23.0. The minimum atomic E-state index is -4.20. The number of nitrogens with one attached hydrogen (secondary N) is 2. The normalized spacial score (nSPS) is 11.0. The Labute approximate surface area is 183 Å². The number of thioether (sulfide) groups is 1. The summed E-state index contributed by atoms with van der Waals surface area (Å²) in [4.78, 5) is 34.2. The molecule has 0 aromatic heterocycles. The van der Waals surface area contributed by atoms with Crippen LogP contribution in [-0.2, 0) is 30.8 Å². The van der Waals surface area contributed by atoms with Crippen LogP contribution in [0.4, 0.5) is 11.4 Å². The summed E-state index contributed by atoms with van der Waals surface area (Å²) in [7, 11) is -4.20. The lowest BCUT2D eigenvalue weighted by atomic mass is 10.1. The van der Waals surface area contributed by atoms with Crippen LogP contribution in [-0.4, -0.2) is 44.6 Å². The highest BCUT2D eigenvalue weighted by Gasteiger charge is 2.22. The maximum absolute atomic E-state index is 12.3. The molecule has 0 saturated heterocycles. The van der Waals surface area contributed by atoms with Crippen molar-refractivity contribution < 1.29 is 27.7 Å². The first-order valence-corrected chi connectivity index (χ1v) is 11.7. The quantitative estimate of drug-likeness (QED) is 0.234. The SMILES string of the molecule is CCc1ccccc1NC(=O)COC(=O)CNS(=O)(=O)c1ccc(SC)c([N+](=O)[O-])c1. The number of sulfonamides is 1. The van der Waals surface area contributed by atoms with Gasteiger partial charge in [0, 0.05) is 11.8 Å². The van der Waals surface area contributed by atoms with Crippen molar-refractivity contribution in [3.05, 3.63) is 58.1 Å². The van der Waals surface area contributed by atoms with Crippen LogP contribution in [0.15, 0.2) is 52.3 Å². The van der Waals surface area contributed by atoms with Crippen LogP contribution in [0.3, 0.4) is 0 Å². The number of ether oxygens (including phenoxy) is 1. The fraction of sp³-hybridized carbons (Fsp3) is 0.263. The molecular formula is C19H21N3O7S2. The molecule has 0 bridgehead atoms. The van der Waals surface area contributed by atoms with Crippen LogP contribution in [0.5, 0.6) is 0 Å². The lowest BCUT2D eigenvalue weighted by Crippen LogP contribution is -2.32. The summed E-state index contributed by atoms with van der Waals surface area (Å²) in [6.07, 6.45) is 2.33. The van der Waals surface area contributed by atoms with Gasteiger partial charge in [-0.2, -0.15) is 4.72 Å². The first kappa shape index (κ1) is 24.3. The number of aryl methyl sites for hydroxylation is 1. The van der Waals surface area contributed by atoms with Crippen LogP contribution in [0.1, 0.15) is 12.5 Å². The molecule has 0 aliphatic heterocycles. The van der Waals surface area contributed by atoms with Crippen molar-refractivity contribution in [1.82, 2.24) is 4.72 Å². The van der Waals surface area contributed by atoms with Gasteiger partial charge in [-0.15, -0.1) is 11.8 Å². The standard InChI is InChI=1S/C19H21N3O7S2/c1-3-13-6-4-5-7-15(13)21-18(23)12-29-19(24)11-20-31(27,28)14-8-9-17(30-2)16(10-14)22(25)26/h4-10,20H,3,11-12H2,1-2H3,(H,21,23). The number of nitro groups is 1. The Morgan fingerprint density at radius 1 is 1.19 bits per heavy atom. The van der Waals surface area contributed by atoms with Crippen molar-refractivity contribution in [3.63, 3.8) is 0 Å². The van der Waals surface area contributed by atoms with Gasteiger partial charge in [-0.1, -0.05) is 25.1 Å². The van der Waals surface area contributed by atoms with Crippen LogP contribution in [0.2, 0.25) is 0 Å². The number of nitro benzene ring substituents is 1. The average Bonchev–Trinajstić information content (AvgIpc) is 2.76. The highest BCUT2D eigenvalue weighted by Crippen LogP contribution is 2.29. The number of benzene rings is 2. The molecule has 0 saturated carbocycles. The molecule has 2 aromatic rings. The number of carbonyl (C=O) groups is 2. The Kier molecular flexibility index (Phi) is 8.54. The largest absolute Gasteiger partial charge is 0.455 e. The molecule has 2 rings (SSSR count). The van der Waals surface area contributed by atoms with E-state index in [1.165, 1.54) is 12.1 Å². The number of nitrogens with zero attached hydrogens (tertiary/aromatic N) is 1. The molecular weight excluding hydrogens is 446 g/mol. The van der Waals surface area contributed by atoms with E-state index in [1.807, 2.05) is 23.8 Å². The third kappa shape index (κ3) is 6.77. The molecule has 0 heterocycles. The van der Waals surface area contributed by atoms with Crippen LogP contribution in [0, 0.1) is 10.1 Å². The molecule has 0 atom stereocenters. The Bertz CT molecular complexity index is 1090. The number of para-hydroxylation sites is 1. The second kappa shape index (κ2) is 10.9. The summed E-state index contributed by atoms with van der Waals surface area (Å²) in [6, 6.07) is 10.6. The molecule has 0 spiro atoms. The van der Waals surface area contributed by atoms with E-state index in [9.17, 15) is 28.1 Å². The third-order valence-electron chi connectivity index (χ3n) is 4.10. The predicted molar refractivity (Wildman–Crippen MR) is 115 cm³/mol. The van der Waals surface area contributed by atoms with Crippen molar-refractivity contribution in [1.29, 1.82) is 0 Å². The fourth-order valence-corrected chi connectivity index (χ4v) is 4.09. The first-order chi connectivity index (χ1) is 14.7. The monoisotopic (exact) mass is 467 g/mol. The Hall–Kier alpha value is -2.96. The minimum Gasteiger partial charge on any atom is -0.455 e. The lowest BCUT2D eigenvalue weighted by Gasteiger charge is -2.10. The van der Waals surface area contributed by atoms with Crippen molar-refractivity contribution in [2.24, 2.45) is 0 Å². The Balaban J connectivity index is 1.92. The summed E-state index contributed by atoms with van der Waals surface area (Å²) in [5.74, 6) is -1.54. The molecule has 0 aliphatic rings. The van der Waals surface area contributed by atoms with Gasteiger partial charge in [0.05, 0.1) is 14.7 Å². The molecule has 2 aromatic carbocycles. The second-order valence-electron chi connectivity index (χ2n) is 6.13. The summed E-state index contributed by atoms with van der Waals surface area (Å²) < 4.78 is 31.5. The van der Waals surface area contributed by atoms with E-state index in [-0.39, 0.29) is 10.6 Å². The molecule has 0 radical (unpaired) electrons. The van der Waals surface area contributed by atoms with E-state index in [2.05, 4.69) is 5.32 Å². The lowest BCUT2D eigenvalue weighted by molar-refractivity contribution is -0.388. The molecule has 0 aliphatic carbocycles. The molecule has 0 unspecified atom stereocenters. The number of rotatable bonds is 10. The second-order valence-corrected chi connectivity index (χ2v) is 8.75. The number of carbonyl (C=O) groups excluding carboxylic acids is 2. The van der Waals surface area contributed by atoms with E-state index in [1.54, 1.807) is 18.4 Å². The fourth-order valence-electron chi connectivity index (χ4n) is 2.55. The van der Waals surface area contributed by atoms with Crippen molar-refractivity contribution in [2.45, 2.75) is 23.1 Å². The van der Waals surface area contributed by atoms with E-state index in [0.717, 1.165) is 23.4 Å². The van der Waals surface area contributed by atoms with Gasteiger partial charge in [0.25, 0.3) is 11.6 Å². The maximum Gasteiger partial charge on any atom is 0.321 e. The molecule has 0 fully saturated rings. The number of hydrogen-bond acceptors (Lipinski definition) is 8. The van der Waals surface area contributed by atoms with Gasteiger partial charge in [-0.25, -0.2) is 8.42 Å². The highest BCUT2D eigenvalue weighted by molar-refractivity contribution is 7.98. The molecule has 2 N–H and O–H groups in total. The van der Waals surface area contributed by atoms with E-state index < -0.39 is 40.0 Å². The van der Waals surface area contributed by atoms with Gasteiger partial charge >= 0.3 is 5.97 Å². The zero-order valence-electron chi connectivity index (χ0n) is 16.8. The first-order valence-electron chi connectivity index (χ1n) is 9.03. The Morgan fingerprint density at radius 2 is 1.90 bits per heavy atom. The average molecular weight is 468 g/mol. The van der Waals surface area contributed by atoms with E-state index in [4.69, 9.17) is 4.74 Å². The number of amides is 1. The molecule has 1 amide bonds. The molecule has 12 heteroatoms. The maximum atomic E-state index is 12.3. The number of hydrogen-bond donors (Lipinski definition) is 2. The summed E-state index contributed by atoms with van der Waals surface area (Å²) in [5, 5.41) is 13.7. The van der Waals surface area contributed by atoms with Gasteiger partial charge in [-0.3, -0.25) is 19.7 Å². The minimum absolute atomic E-state index is 0.305.